The van der Waals surface area contributed by atoms with Gasteiger partial charge in [0.05, 0.1) is 12.2 Å². The van der Waals surface area contributed by atoms with Crippen molar-refractivity contribution in [1.29, 1.82) is 0 Å². The van der Waals surface area contributed by atoms with E-state index in [0.717, 1.165) is 44.1 Å². The number of anilines is 2. The van der Waals surface area contributed by atoms with Gasteiger partial charge in [-0.25, -0.2) is 14.8 Å². The summed E-state index contributed by atoms with van der Waals surface area (Å²) >= 11 is 6.00. The first-order chi connectivity index (χ1) is 12.2. The van der Waals surface area contributed by atoms with Crippen LogP contribution >= 0.6 is 11.6 Å². The minimum atomic E-state index is -0.335. The molecule has 0 aromatic carbocycles. The molecule has 1 aliphatic heterocycles. The van der Waals surface area contributed by atoms with Crippen LogP contribution in [0.1, 0.15) is 23.7 Å². The summed E-state index contributed by atoms with van der Waals surface area (Å²) in [7, 11) is 0. The Morgan fingerprint density at radius 3 is 2.68 bits per heavy atom. The molecule has 2 aromatic heterocycles. The van der Waals surface area contributed by atoms with E-state index in [4.69, 9.17) is 16.3 Å². The van der Waals surface area contributed by atoms with E-state index < -0.39 is 0 Å². The molecule has 1 fully saturated rings. The van der Waals surface area contributed by atoms with E-state index in [1.165, 1.54) is 0 Å². The minimum Gasteiger partial charge on any atom is -0.462 e. The third-order valence-electron chi connectivity index (χ3n) is 4.15. The molecule has 0 atom stereocenters. The highest BCUT2D eigenvalue weighted by Gasteiger charge is 2.17. The molecule has 0 N–H and O–H groups in total. The van der Waals surface area contributed by atoms with E-state index in [1.807, 2.05) is 18.2 Å². The van der Waals surface area contributed by atoms with Crippen molar-refractivity contribution in [3.05, 3.63) is 47.4 Å². The van der Waals surface area contributed by atoms with E-state index in [0.29, 0.717) is 17.3 Å². The highest BCUT2D eigenvalue weighted by molar-refractivity contribution is 6.29. The van der Waals surface area contributed by atoms with Crippen LogP contribution < -0.4 is 9.80 Å². The molecule has 6 nitrogen and oxygen atoms in total. The maximum absolute atomic E-state index is 11.7. The van der Waals surface area contributed by atoms with Crippen molar-refractivity contribution in [1.82, 2.24) is 9.97 Å². The predicted octanol–water partition coefficient (Wildman–Crippen LogP) is 3.02. The van der Waals surface area contributed by atoms with Gasteiger partial charge in [0.15, 0.2) is 0 Å². The van der Waals surface area contributed by atoms with Gasteiger partial charge < -0.3 is 14.5 Å². The van der Waals surface area contributed by atoms with E-state index in [2.05, 4.69) is 19.8 Å². The number of rotatable bonds is 4. The predicted molar refractivity (Wildman–Crippen MR) is 98.5 cm³/mol. The molecule has 25 heavy (non-hydrogen) atoms. The molecule has 1 aliphatic rings. The van der Waals surface area contributed by atoms with Crippen LogP contribution in [0.15, 0.2) is 36.7 Å². The second kappa shape index (κ2) is 8.16. The Hall–Kier alpha value is -2.34. The maximum atomic E-state index is 11.7. The third-order valence-corrected chi connectivity index (χ3v) is 4.36. The summed E-state index contributed by atoms with van der Waals surface area (Å²) in [6.07, 6.45) is 4.33. The van der Waals surface area contributed by atoms with E-state index in [9.17, 15) is 4.79 Å². The van der Waals surface area contributed by atoms with Gasteiger partial charge >= 0.3 is 5.97 Å². The van der Waals surface area contributed by atoms with Crippen LogP contribution in [0.25, 0.3) is 0 Å². The molecule has 3 heterocycles. The Kier molecular flexibility index (Phi) is 5.71. The number of hydrogen-bond acceptors (Lipinski definition) is 6. The van der Waals surface area contributed by atoms with Gasteiger partial charge in [-0.05, 0) is 37.6 Å². The summed E-state index contributed by atoms with van der Waals surface area (Å²) in [5.74, 6) is 0.542. The number of halogens is 1. The molecule has 0 spiro atoms. The fraction of sp³-hybridized carbons (Fsp3) is 0.389. The van der Waals surface area contributed by atoms with E-state index in [-0.39, 0.29) is 5.97 Å². The Bertz CT molecular complexity index is 723. The number of hydrogen-bond donors (Lipinski definition) is 0. The number of aromatic nitrogens is 2. The lowest BCUT2D eigenvalue weighted by Crippen LogP contribution is -2.31. The smallest absolute Gasteiger partial charge is 0.339 e. The zero-order valence-electron chi connectivity index (χ0n) is 14.2. The van der Waals surface area contributed by atoms with Crippen molar-refractivity contribution in [3.8, 4) is 0 Å². The van der Waals surface area contributed by atoms with Gasteiger partial charge in [-0.1, -0.05) is 11.6 Å². The molecule has 1 saturated heterocycles. The second-order valence-electron chi connectivity index (χ2n) is 5.79. The van der Waals surface area contributed by atoms with Crippen molar-refractivity contribution < 1.29 is 9.53 Å². The first-order valence-electron chi connectivity index (χ1n) is 8.42. The van der Waals surface area contributed by atoms with Crippen molar-refractivity contribution >= 4 is 29.1 Å². The van der Waals surface area contributed by atoms with Crippen molar-refractivity contribution in [2.45, 2.75) is 13.3 Å². The second-order valence-corrected chi connectivity index (χ2v) is 6.18. The number of ether oxygens (including phenoxy) is 1. The molecule has 3 rings (SSSR count). The average Bonchev–Trinajstić information content (AvgIpc) is 2.88. The van der Waals surface area contributed by atoms with E-state index in [1.54, 1.807) is 25.4 Å². The molecule has 2 aromatic rings. The number of carbonyl (C=O) groups excluding carboxylic acids is 1. The quantitative estimate of drug-likeness (QED) is 0.617. The Labute approximate surface area is 152 Å². The van der Waals surface area contributed by atoms with Gasteiger partial charge in [-0.3, -0.25) is 0 Å². The molecule has 0 aliphatic carbocycles. The summed E-state index contributed by atoms with van der Waals surface area (Å²) in [5, 5.41) is 0.509. The minimum absolute atomic E-state index is 0.335. The normalized spacial score (nSPS) is 15.0. The number of pyridine rings is 2. The summed E-state index contributed by atoms with van der Waals surface area (Å²) < 4.78 is 4.99. The Balaban J connectivity index is 1.65. The summed E-state index contributed by atoms with van der Waals surface area (Å²) in [4.78, 5) is 24.7. The molecule has 0 radical (unpaired) electrons. The van der Waals surface area contributed by atoms with Crippen LogP contribution in [0.5, 0.6) is 0 Å². The maximum Gasteiger partial charge on any atom is 0.339 e. The molecule has 0 unspecified atom stereocenters. The highest BCUT2D eigenvalue weighted by Crippen LogP contribution is 2.21. The van der Waals surface area contributed by atoms with Crippen molar-refractivity contribution in [2.75, 3.05) is 42.6 Å². The lowest BCUT2D eigenvalue weighted by Gasteiger charge is -2.24. The largest absolute Gasteiger partial charge is 0.462 e. The fourth-order valence-electron chi connectivity index (χ4n) is 2.90. The number of nitrogens with zero attached hydrogens (tertiary/aromatic N) is 4. The first-order valence-corrected chi connectivity index (χ1v) is 8.80. The van der Waals surface area contributed by atoms with Gasteiger partial charge in [-0.2, -0.15) is 0 Å². The molecule has 7 heteroatoms. The van der Waals surface area contributed by atoms with Crippen LogP contribution in [-0.2, 0) is 4.74 Å². The van der Waals surface area contributed by atoms with Crippen LogP contribution in [0, 0.1) is 0 Å². The first kappa shape index (κ1) is 17.5. The molecule has 0 bridgehead atoms. The average molecular weight is 361 g/mol. The Morgan fingerprint density at radius 2 is 1.96 bits per heavy atom. The lowest BCUT2D eigenvalue weighted by molar-refractivity contribution is 0.0526. The molecule has 0 amide bonds. The summed E-state index contributed by atoms with van der Waals surface area (Å²) in [6.45, 7) is 5.76. The van der Waals surface area contributed by atoms with Gasteiger partial charge in [0.25, 0.3) is 0 Å². The number of esters is 1. The number of carbonyl (C=O) groups is 1. The standard InChI is InChI=1S/C18H21ClN4O2/c1-2-25-18(24)14-4-5-17(21-13-14)23-9-3-8-22(10-11-23)15-6-7-20-16(19)12-15/h4-7,12-13H,2-3,8-11H2,1H3. The van der Waals surface area contributed by atoms with Gasteiger partial charge in [0, 0.05) is 44.3 Å². The SMILES string of the molecule is CCOC(=O)c1ccc(N2CCCN(c3ccnc(Cl)c3)CC2)nc1. The zero-order valence-corrected chi connectivity index (χ0v) is 14.9. The fourth-order valence-corrected chi connectivity index (χ4v) is 3.07. The monoisotopic (exact) mass is 360 g/mol. The van der Waals surface area contributed by atoms with Crippen LogP contribution in [0.4, 0.5) is 11.5 Å². The highest BCUT2D eigenvalue weighted by atomic mass is 35.5. The van der Waals surface area contributed by atoms with Crippen LogP contribution in [-0.4, -0.2) is 48.7 Å². The molecule has 0 saturated carbocycles. The summed E-state index contributed by atoms with van der Waals surface area (Å²) in [6, 6.07) is 7.52. The van der Waals surface area contributed by atoms with Gasteiger partial charge in [-0.15, -0.1) is 0 Å². The van der Waals surface area contributed by atoms with E-state index >= 15 is 0 Å². The third kappa shape index (κ3) is 4.39. The van der Waals surface area contributed by atoms with Crippen molar-refractivity contribution in [3.63, 3.8) is 0 Å². The lowest BCUT2D eigenvalue weighted by atomic mass is 10.2. The molecule has 132 valence electrons. The van der Waals surface area contributed by atoms with Crippen LogP contribution in [0.2, 0.25) is 5.15 Å². The van der Waals surface area contributed by atoms with Crippen LogP contribution in [0.3, 0.4) is 0 Å². The Morgan fingerprint density at radius 1 is 1.16 bits per heavy atom. The molecular weight excluding hydrogens is 340 g/mol. The molecular formula is C18H21ClN4O2. The van der Waals surface area contributed by atoms with Gasteiger partial charge in [0.1, 0.15) is 11.0 Å². The summed E-state index contributed by atoms with van der Waals surface area (Å²) in [5.41, 5.74) is 1.57. The zero-order chi connectivity index (χ0) is 17.6. The topological polar surface area (TPSA) is 58.6 Å². The van der Waals surface area contributed by atoms with Gasteiger partial charge in [0.2, 0.25) is 0 Å². The van der Waals surface area contributed by atoms with Crippen molar-refractivity contribution in [2.24, 2.45) is 0 Å².